The number of H-pyrrole nitrogens is 1. The lowest BCUT2D eigenvalue weighted by atomic mass is 9.95. The van der Waals surface area contributed by atoms with E-state index in [1.807, 2.05) is 12.3 Å². The first kappa shape index (κ1) is 18.5. The Morgan fingerprint density at radius 1 is 1.10 bits per heavy atom. The van der Waals surface area contributed by atoms with Crippen LogP contribution in [0, 0.1) is 0 Å². The summed E-state index contributed by atoms with van der Waals surface area (Å²) in [6.45, 7) is 1.62. The van der Waals surface area contributed by atoms with Crippen LogP contribution in [0.4, 0.5) is 19.0 Å². The average Bonchev–Trinajstić information content (AvgIpc) is 3.43. The van der Waals surface area contributed by atoms with Crippen LogP contribution in [0.3, 0.4) is 0 Å². The van der Waals surface area contributed by atoms with E-state index < -0.39 is 11.9 Å². The fraction of sp³-hybridized carbons (Fsp3) is 0.316. The number of piperidine rings is 1. The summed E-state index contributed by atoms with van der Waals surface area (Å²) in [6, 6.07) is 1.81. The molecule has 30 heavy (non-hydrogen) atoms. The molecule has 1 saturated heterocycles. The first-order valence-electron chi connectivity index (χ1n) is 9.46. The molecule has 1 aliphatic heterocycles. The molecule has 0 radical (unpaired) electrons. The number of alkyl halides is 3. The van der Waals surface area contributed by atoms with Crippen molar-refractivity contribution in [1.29, 1.82) is 0 Å². The minimum atomic E-state index is -4.55. The third-order valence-corrected chi connectivity index (χ3v) is 5.26. The van der Waals surface area contributed by atoms with Gasteiger partial charge in [-0.1, -0.05) is 0 Å². The molecule has 4 aromatic heterocycles. The molecule has 0 aromatic carbocycles. The maximum atomic E-state index is 13.1. The van der Waals surface area contributed by atoms with Gasteiger partial charge in [0.1, 0.15) is 11.5 Å². The van der Waals surface area contributed by atoms with Crippen molar-refractivity contribution in [3.05, 3.63) is 54.8 Å². The number of aromatic nitrogens is 7. The fourth-order valence-corrected chi connectivity index (χ4v) is 3.78. The van der Waals surface area contributed by atoms with Crippen LogP contribution in [-0.2, 0) is 6.18 Å². The highest BCUT2D eigenvalue weighted by atomic mass is 19.4. The van der Waals surface area contributed by atoms with Gasteiger partial charge in [-0.05, 0) is 18.9 Å². The Kier molecular flexibility index (Phi) is 4.37. The molecule has 154 valence electrons. The second-order valence-corrected chi connectivity index (χ2v) is 7.17. The van der Waals surface area contributed by atoms with Crippen LogP contribution in [0.2, 0.25) is 0 Å². The zero-order chi connectivity index (χ0) is 20.7. The first-order valence-corrected chi connectivity index (χ1v) is 9.46. The molecule has 0 spiro atoms. The number of aromatic amines is 1. The summed E-state index contributed by atoms with van der Waals surface area (Å²) in [5.41, 5.74) is 0.762. The molecular weight excluding hydrogens is 397 g/mol. The summed E-state index contributed by atoms with van der Waals surface area (Å²) in [4.78, 5) is 25.9. The predicted octanol–water partition coefficient (Wildman–Crippen LogP) is 3.31. The van der Waals surface area contributed by atoms with Crippen LogP contribution in [0.25, 0.3) is 17.2 Å². The van der Waals surface area contributed by atoms with E-state index in [2.05, 4.69) is 34.8 Å². The minimum Gasteiger partial charge on any atom is -0.356 e. The van der Waals surface area contributed by atoms with E-state index in [-0.39, 0.29) is 0 Å². The van der Waals surface area contributed by atoms with Crippen molar-refractivity contribution in [2.24, 2.45) is 0 Å². The lowest BCUT2D eigenvalue weighted by molar-refractivity contribution is -0.141. The van der Waals surface area contributed by atoms with Gasteiger partial charge < -0.3 is 9.88 Å². The van der Waals surface area contributed by atoms with Crippen molar-refractivity contribution in [3.63, 3.8) is 0 Å². The Morgan fingerprint density at radius 2 is 2.00 bits per heavy atom. The second-order valence-electron chi connectivity index (χ2n) is 7.17. The van der Waals surface area contributed by atoms with Gasteiger partial charge in [0.2, 0.25) is 0 Å². The van der Waals surface area contributed by atoms with Gasteiger partial charge in [-0.3, -0.25) is 4.40 Å². The van der Waals surface area contributed by atoms with Crippen molar-refractivity contribution in [3.8, 4) is 11.5 Å². The topological polar surface area (TPSA) is 87.9 Å². The Bertz CT molecular complexity index is 1170. The molecule has 4 aromatic rings. The van der Waals surface area contributed by atoms with Crippen LogP contribution in [0.5, 0.6) is 0 Å². The smallest absolute Gasteiger partial charge is 0.356 e. The third kappa shape index (κ3) is 3.36. The van der Waals surface area contributed by atoms with Gasteiger partial charge in [-0.15, -0.1) is 0 Å². The van der Waals surface area contributed by atoms with Gasteiger partial charge in [0.05, 0.1) is 18.7 Å². The van der Waals surface area contributed by atoms with E-state index in [4.69, 9.17) is 0 Å². The maximum absolute atomic E-state index is 13.1. The zero-order valence-corrected chi connectivity index (χ0v) is 15.7. The minimum absolute atomic E-state index is 0.296. The molecule has 0 bridgehead atoms. The molecule has 1 unspecified atom stereocenters. The van der Waals surface area contributed by atoms with E-state index in [0.717, 1.165) is 49.8 Å². The number of hydrogen-bond acceptors (Lipinski definition) is 6. The molecular formula is C19H17F3N8. The predicted molar refractivity (Wildman–Crippen MR) is 102 cm³/mol. The van der Waals surface area contributed by atoms with E-state index in [0.29, 0.717) is 23.1 Å². The Labute approximate surface area is 168 Å². The van der Waals surface area contributed by atoms with Gasteiger partial charge in [0.25, 0.3) is 0 Å². The Morgan fingerprint density at radius 3 is 2.80 bits per heavy atom. The maximum Gasteiger partial charge on any atom is 0.434 e. The van der Waals surface area contributed by atoms with Gasteiger partial charge in [-0.2, -0.15) is 13.2 Å². The lowest BCUT2D eigenvalue weighted by Gasteiger charge is -2.33. The Hall–Kier alpha value is -3.50. The molecule has 0 saturated carbocycles. The number of hydrogen-bond donors (Lipinski definition) is 1. The van der Waals surface area contributed by atoms with Crippen LogP contribution in [0.1, 0.15) is 30.1 Å². The van der Waals surface area contributed by atoms with E-state index >= 15 is 0 Å². The molecule has 8 nitrogen and oxygen atoms in total. The van der Waals surface area contributed by atoms with Gasteiger partial charge in [-0.25, -0.2) is 24.9 Å². The van der Waals surface area contributed by atoms with E-state index in [1.165, 1.54) is 10.6 Å². The first-order chi connectivity index (χ1) is 14.5. The quantitative estimate of drug-likeness (QED) is 0.553. The highest BCUT2D eigenvalue weighted by Crippen LogP contribution is 2.30. The SMILES string of the molecule is FC(F)(F)c1cn2c(-c3nccc(N4CCCC(c5cnc[nH]5)C4)n3)cnc2cn1. The van der Waals surface area contributed by atoms with Crippen LogP contribution < -0.4 is 4.90 Å². The van der Waals surface area contributed by atoms with Gasteiger partial charge >= 0.3 is 6.18 Å². The lowest BCUT2D eigenvalue weighted by Crippen LogP contribution is -2.35. The molecule has 5 heterocycles. The van der Waals surface area contributed by atoms with Crippen LogP contribution in [0.15, 0.2) is 43.4 Å². The number of rotatable bonds is 3. The molecule has 1 atom stereocenters. The number of anilines is 1. The van der Waals surface area contributed by atoms with Crippen molar-refractivity contribution >= 4 is 11.5 Å². The standard InChI is InChI=1S/C19H17F3N8/c20-19(21,22)15-10-30-14(7-26-17(30)8-25-15)18-24-4-3-16(28-18)29-5-1-2-12(9-29)13-6-23-11-27-13/h3-4,6-8,10-12H,1-2,5,9H2,(H,23,27). The number of halogens is 3. The monoisotopic (exact) mass is 414 g/mol. The second kappa shape index (κ2) is 7.08. The van der Waals surface area contributed by atoms with Crippen molar-refractivity contribution in [2.45, 2.75) is 24.9 Å². The third-order valence-electron chi connectivity index (χ3n) is 5.26. The highest BCUT2D eigenvalue weighted by molar-refractivity contribution is 5.58. The summed E-state index contributed by atoms with van der Waals surface area (Å²) in [7, 11) is 0. The summed E-state index contributed by atoms with van der Waals surface area (Å²) < 4.78 is 40.5. The van der Waals surface area contributed by atoms with Crippen LogP contribution in [-0.4, -0.2) is 47.4 Å². The van der Waals surface area contributed by atoms with Crippen molar-refractivity contribution < 1.29 is 13.2 Å². The van der Waals surface area contributed by atoms with Crippen molar-refractivity contribution in [1.82, 2.24) is 34.3 Å². The van der Waals surface area contributed by atoms with Gasteiger partial charge in [0, 0.05) is 43.3 Å². The summed E-state index contributed by atoms with van der Waals surface area (Å²) >= 11 is 0. The van der Waals surface area contributed by atoms with E-state index in [9.17, 15) is 13.2 Å². The van der Waals surface area contributed by atoms with E-state index in [1.54, 1.807) is 12.5 Å². The number of imidazole rings is 2. The summed E-state index contributed by atoms with van der Waals surface area (Å²) in [6.07, 6.45) is 6.10. The largest absolute Gasteiger partial charge is 0.434 e. The summed E-state index contributed by atoms with van der Waals surface area (Å²) in [5, 5.41) is 0. The zero-order valence-electron chi connectivity index (χ0n) is 15.7. The average molecular weight is 414 g/mol. The summed E-state index contributed by atoms with van der Waals surface area (Å²) in [5.74, 6) is 1.35. The normalized spacial score (nSPS) is 17.6. The molecule has 11 heteroatoms. The molecule has 1 fully saturated rings. The van der Waals surface area contributed by atoms with Crippen molar-refractivity contribution in [2.75, 3.05) is 18.0 Å². The van der Waals surface area contributed by atoms with Gasteiger partial charge in [0.15, 0.2) is 17.2 Å². The number of nitrogens with one attached hydrogen (secondary N) is 1. The fourth-order valence-electron chi connectivity index (χ4n) is 3.78. The number of fused-ring (bicyclic) bond motifs is 1. The number of nitrogens with zero attached hydrogens (tertiary/aromatic N) is 7. The highest BCUT2D eigenvalue weighted by Gasteiger charge is 2.33. The molecule has 0 aliphatic carbocycles. The molecule has 5 rings (SSSR count). The molecule has 0 amide bonds. The van der Waals surface area contributed by atoms with Crippen LogP contribution >= 0.6 is 0 Å². The molecule has 1 N–H and O–H groups in total. The Balaban J connectivity index is 1.48. The molecule has 1 aliphatic rings.